The van der Waals surface area contributed by atoms with Gasteiger partial charge in [-0.05, 0) is 42.7 Å². The number of benzene rings is 2. The molecule has 2 aromatic carbocycles. The van der Waals surface area contributed by atoms with E-state index in [0.717, 1.165) is 12.0 Å². The van der Waals surface area contributed by atoms with Crippen LogP contribution in [0.25, 0.3) is 6.08 Å². The topological polar surface area (TPSA) is 59.3 Å². The molecule has 0 unspecified atom stereocenters. The number of Topliss-reactive ketones (excluding diaryl/α,β-unsaturated/α-hetero) is 1. The second-order valence-electron chi connectivity index (χ2n) is 5.70. The van der Waals surface area contributed by atoms with Gasteiger partial charge in [0.1, 0.15) is 11.6 Å². The molecular weight excluding hydrogens is 350 g/mol. The normalized spacial score (nSPS) is 11.0. The highest BCUT2D eigenvalue weighted by Gasteiger charge is 2.16. The van der Waals surface area contributed by atoms with E-state index in [1.165, 1.54) is 13.2 Å². The van der Waals surface area contributed by atoms with Gasteiger partial charge in [0.2, 0.25) is 5.78 Å². The lowest BCUT2D eigenvalue weighted by molar-refractivity contribution is 0.103. The zero-order valence-electron chi connectivity index (χ0n) is 15.0. The van der Waals surface area contributed by atoms with Crippen molar-refractivity contribution in [3.63, 3.8) is 0 Å². The second-order valence-corrected chi connectivity index (χ2v) is 6.10. The molecule has 0 spiro atoms. The van der Waals surface area contributed by atoms with Crippen LogP contribution in [0.15, 0.2) is 42.0 Å². The number of allylic oxidation sites excluding steroid dienone is 1. The lowest BCUT2D eigenvalue weighted by atomic mass is 9.98. The van der Waals surface area contributed by atoms with Crippen LogP contribution in [0.3, 0.4) is 0 Å². The average molecular weight is 370 g/mol. The van der Waals surface area contributed by atoms with Crippen molar-refractivity contribution in [2.75, 3.05) is 13.7 Å². The fourth-order valence-corrected chi connectivity index (χ4v) is 2.73. The summed E-state index contributed by atoms with van der Waals surface area (Å²) in [6.45, 7) is 4.34. The molecule has 4 nitrogen and oxygen atoms in total. The van der Waals surface area contributed by atoms with E-state index in [1.807, 2.05) is 32.0 Å². The van der Waals surface area contributed by atoms with E-state index in [2.05, 4.69) is 0 Å². The van der Waals surface area contributed by atoms with Crippen molar-refractivity contribution in [2.45, 2.75) is 20.3 Å². The van der Waals surface area contributed by atoms with Gasteiger partial charge < -0.3 is 9.47 Å². The molecule has 0 fully saturated rings. The molecule has 2 rings (SSSR count). The highest BCUT2D eigenvalue weighted by molar-refractivity contribution is 6.32. The number of aryl methyl sites for hydroxylation is 1. The Hall–Kier alpha value is -2.77. The van der Waals surface area contributed by atoms with Crippen molar-refractivity contribution in [3.05, 3.63) is 63.7 Å². The summed E-state index contributed by atoms with van der Waals surface area (Å²) in [5.41, 5.74) is 1.94. The Kier molecular flexibility index (Phi) is 6.82. The Bertz CT molecular complexity index is 881. The number of hydrogen-bond acceptors (Lipinski definition) is 4. The molecule has 0 atom stereocenters. The largest absolute Gasteiger partial charge is 0.493 e. The van der Waals surface area contributed by atoms with Gasteiger partial charge >= 0.3 is 0 Å². The fourth-order valence-electron chi connectivity index (χ4n) is 2.46. The van der Waals surface area contributed by atoms with Crippen molar-refractivity contribution in [1.29, 1.82) is 5.26 Å². The van der Waals surface area contributed by atoms with Crippen LogP contribution in [-0.4, -0.2) is 19.5 Å². The molecule has 0 saturated carbocycles. The summed E-state index contributed by atoms with van der Waals surface area (Å²) in [4.78, 5) is 12.7. The first kappa shape index (κ1) is 19.6. The molecule has 0 amide bonds. The van der Waals surface area contributed by atoms with Crippen molar-refractivity contribution in [1.82, 2.24) is 0 Å². The van der Waals surface area contributed by atoms with Crippen LogP contribution >= 0.6 is 11.6 Å². The van der Waals surface area contributed by atoms with Gasteiger partial charge in [0.25, 0.3) is 0 Å². The Labute approximate surface area is 158 Å². The molecule has 0 N–H and O–H groups in total. The van der Waals surface area contributed by atoms with Gasteiger partial charge in [-0.2, -0.15) is 5.26 Å². The van der Waals surface area contributed by atoms with E-state index in [0.29, 0.717) is 34.3 Å². The average Bonchev–Trinajstić information content (AvgIpc) is 2.64. The molecule has 0 saturated heterocycles. The number of ether oxygens (including phenoxy) is 2. The van der Waals surface area contributed by atoms with Gasteiger partial charge in [0.15, 0.2) is 11.5 Å². The monoisotopic (exact) mass is 369 g/mol. The van der Waals surface area contributed by atoms with Gasteiger partial charge in [-0.15, -0.1) is 0 Å². The predicted molar refractivity (Wildman–Crippen MR) is 103 cm³/mol. The number of ketones is 1. The lowest BCUT2D eigenvalue weighted by Crippen LogP contribution is -2.04. The van der Waals surface area contributed by atoms with Crippen molar-refractivity contribution < 1.29 is 14.3 Å². The number of carbonyl (C=O) groups excluding carboxylic acids is 1. The highest BCUT2D eigenvalue weighted by Crippen LogP contribution is 2.37. The number of nitriles is 1. The number of rotatable bonds is 7. The summed E-state index contributed by atoms with van der Waals surface area (Å²) in [6, 6.07) is 12.5. The number of carbonyl (C=O) groups is 1. The SMILES string of the molecule is CCCOc1c(Cl)cc(/C=C(\C#N)C(=O)c2ccccc2C)cc1OC. The van der Waals surface area contributed by atoms with E-state index in [-0.39, 0.29) is 11.4 Å². The predicted octanol–water partition coefficient (Wildman–Crippen LogP) is 5.24. The van der Waals surface area contributed by atoms with Gasteiger partial charge in [0.05, 0.1) is 18.7 Å². The van der Waals surface area contributed by atoms with E-state index in [4.69, 9.17) is 21.1 Å². The Balaban J connectivity index is 2.43. The molecule has 0 aromatic heterocycles. The summed E-state index contributed by atoms with van der Waals surface area (Å²) in [5, 5.41) is 9.81. The minimum Gasteiger partial charge on any atom is -0.493 e. The van der Waals surface area contributed by atoms with Crippen LogP contribution in [-0.2, 0) is 0 Å². The van der Waals surface area contributed by atoms with Crippen molar-refractivity contribution in [3.8, 4) is 17.6 Å². The summed E-state index contributed by atoms with van der Waals surface area (Å²) < 4.78 is 11.0. The summed E-state index contributed by atoms with van der Waals surface area (Å²) in [5.74, 6) is 0.585. The molecule has 26 heavy (non-hydrogen) atoms. The minimum absolute atomic E-state index is 0.0275. The molecular formula is C21H20ClNO3. The third-order valence-electron chi connectivity index (χ3n) is 3.77. The number of hydrogen-bond donors (Lipinski definition) is 0. The molecule has 2 aromatic rings. The number of nitrogens with zero attached hydrogens (tertiary/aromatic N) is 1. The van der Waals surface area contributed by atoms with Gasteiger partial charge in [0, 0.05) is 5.56 Å². The maximum Gasteiger partial charge on any atom is 0.203 e. The lowest BCUT2D eigenvalue weighted by Gasteiger charge is -2.13. The molecule has 134 valence electrons. The standard InChI is InChI=1S/C21H20ClNO3/c1-4-9-26-21-18(22)11-15(12-19(21)25-3)10-16(13-23)20(24)17-8-6-5-7-14(17)2/h5-8,10-12H,4,9H2,1-3H3/b16-10+. The second kappa shape index (κ2) is 9.07. The first-order valence-electron chi connectivity index (χ1n) is 8.24. The minimum atomic E-state index is -0.327. The molecule has 0 bridgehead atoms. The molecule has 0 aliphatic carbocycles. The van der Waals surface area contributed by atoms with E-state index >= 15 is 0 Å². The van der Waals surface area contributed by atoms with Crippen LogP contribution < -0.4 is 9.47 Å². The summed E-state index contributed by atoms with van der Waals surface area (Å²) >= 11 is 6.30. The Morgan fingerprint density at radius 2 is 2.04 bits per heavy atom. The quantitative estimate of drug-likeness (QED) is 0.380. The molecule has 0 aliphatic heterocycles. The van der Waals surface area contributed by atoms with Gasteiger partial charge in [-0.25, -0.2) is 0 Å². The van der Waals surface area contributed by atoms with Crippen LogP contribution in [0, 0.1) is 18.3 Å². The van der Waals surface area contributed by atoms with Crippen molar-refractivity contribution >= 4 is 23.5 Å². The van der Waals surface area contributed by atoms with Crippen LogP contribution in [0.2, 0.25) is 5.02 Å². The Morgan fingerprint density at radius 1 is 1.31 bits per heavy atom. The summed E-state index contributed by atoms with van der Waals surface area (Å²) in [6.07, 6.45) is 2.34. The molecule has 5 heteroatoms. The van der Waals surface area contributed by atoms with Crippen LogP contribution in [0.5, 0.6) is 11.5 Å². The Morgan fingerprint density at radius 3 is 2.65 bits per heavy atom. The van der Waals surface area contributed by atoms with Gasteiger partial charge in [-0.3, -0.25) is 4.79 Å². The molecule has 0 radical (unpaired) electrons. The maximum absolute atomic E-state index is 12.7. The number of halogens is 1. The van der Waals surface area contributed by atoms with E-state index < -0.39 is 0 Å². The first-order valence-corrected chi connectivity index (χ1v) is 8.62. The third-order valence-corrected chi connectivity index (χ3v) is 4.05. The third kappa shape index (κ3) is 4.44. The fraction of sp³-hybridized carbons (Fsp3) is 0.238. The zero-order valence-corrected chi connectivity index (χ0v) is 15.8. The summed E-state index contributed by atoms with van der Waals surface area (Å²) in [7, 11) is 1.52. The molecule has 0 aliphatic rings. The van der Waals surface area contributed by atoms with Crippen LogP contribution in [0.4, 0.5) is 0 Å². The van der Waals surface area contributed by atoms with E-state index in [1.54, 1.807) is 24.3 Å². The molecule has 0 heterocycles. The number of methoxy groups -OCH3 is 1. The van der Waals surface area contributed by atoms with Crippen LogP contribution in [0.1, 0.15) is 34.8 Å². The van der Waals surface area contributed by atoms with Crippen molar-refractivity contribution in [2.24, 2.45) is 0 Å². The smallest absolute Gasteiger partial charge is 0.203 e. The van der Waals surface area contributed by atoms with E-state index in [9.17, 15) is 10.1 Å². The van der Waals surface area contributed by atoms with Gasteiger partial charge in [-0.1, -0.05) is 42.8 Å². The first-order chi connectivity index (χ1) is 12.5. The zero-order chi connectivity index (χ0) is 19.1. The highest BCUT2D eigenvalue weighted by atomic mass is 35.5. The maximum atomic E-state index is 12.7.